The average molecular weight is 452 g/mol. The molecule has 0 aliphatic carbocycles. The number of nitrogens with one attached hydrogen (secondary N) is 1. The number of piperazine rings is 1. The average Bonchev–Trinajstić information content (AvgIpc) is 3.02. The molecule has 1 aromatic carbocycles. The second-order valence-electron chi connectivity index (χ2n) is 7.39. The second kappa shape index (κ2) is 9.24. The van der Waals surface area contributed by atoms with Crippen LogP contribution in [0.15, 0.2) is 24.3 Å². The molecule has 0 bridgehead atoms. The number of fused-ring (bicyclic) bond motifs is 1. The van der Waals surface area contributed by atoms with Crippen LogP contribution < -0.4 is 5.32 Å². The predicted octanol–water partition coefficient (Wildman–Crippen LogP) is 2.78. The summed E-state index contributed by atoms with van der Waals surface area (Å²) in [6, 6.07) is 6.84. The maximum Gasteiger partial charge on any atom is 0.410 e. The van der Waals surface area contributed by atoms with Gasteiger partial charge >= 0.3 is 6.09 Å². The van der Waals surface area contributed by atoms with Crippen molar-refractivity contribution in [3.63, 3.8) is 0 Å². The third-order valence-electron chi connectivity index (χ3n) is 5.18. The van der Waals surface area contributed by atoms with Gasteiger partial charge in [0.25, 0.3) is 5.91 Å². The number of nitrogens with zero attached hydrogens (tertiary/aromatic N) is 4. The number of hydrogen-bond acceptors (Lipinski definition) is 5. The monoisotopic (exact) mass is 451 g/mol. The minimum absolute atomic E-state index is 0.0657. The van der Waals surface area contributed by atoms with E-state index in [1.54, 1.807) is 34.1 Å². The largest absolute Gasteiger partial charge is 0.445 e. The normalized spacial score (nSPS) is 16.7. The van der Waals surface area contributed by atoms with Gasteiger partial charge in [-0.25, -0.2) is 4.79 Å². The molecular formula is C20H23Cl2N5O3. The molecule has 0 spiro atoms. The van der Waals surface area contributed by atoms with Crippen LogP contribution in [0.5, 0.6) is 0 Å². The van der Waals surface area contributed by atoms with Crippen LogP contribution in [-0.2, 0) is 24.4 Å². The van der Waals surface area contributed by atoms with E-state index in [-0.39, 0.29) is 12.5 Å². The zero-order valence-corrected chi connectivity index (χ0v) is 18.0. The fourth-order valence-corrected chi connectivity index (χ4v) is 4.25. The van der Waals surface area contributed by atoms with E-state index in [4.69, 9.17) is 27.9 Å². The van der Waals surface area contributed by atoms with Crippen molar-refractivity contribution in [3.8, 4) is 0 Å². The molecule has 4 rings (SSSR count). The Kier molecular flexibility index (Phi) is 6.46. The number of benzene rings is 1. The Balaban J connectivity index is 1.40. The molecule has 8 nitrogen and oxygen atoms in total. The highest BCUT2D eigenvalue weighted by molar-refractivity contribution is 6.34. The molecule has 0 radical (unpaired) electrons. The standard InChI is InChI=1S/C20H23Cl2N5O3/c21-15-8-14(9-16(22)10-15)13-30-20(29)26-4-1-5-27-17(12-26)11-18(24-27)19(28)25-6-2-23-3-7-25/h8-11,23H,1-7,12-13H2. The third-order valence-corrected chi connectivity index (χ3v) is 5.62. The summed E-state index contributed by atoms with van der Waals surface area (Å²) in [5.74, 6) is -0.0657. The fraction of sp³-hybridized carbons (Fsp3) is 0.450. The Hall–Kier alpha value is -2.29. The number of ether oxygens (including phenoxy) is 1. The van der Waals surface area contributed by atoms with E-state index in [1.807, 2.05) is 4.68 Å². The van der Waals surface area contributed by atoms with E-state index in [0.29, 0.717) is 48.5 Å². The number of aromatic nitrogens is 2. The molecule has 1 aromatic heterocycles. The predicted molar refractivity (Wildman–Crippen MR) is 113 cm³/mol. The lowest BCUT2D eigenvalue weighted by Crippen LogP contribution is -2.46. The molecule has 0 atom stereocenters. The van der Waals surface area contributed by atoms with E-state index in [0.717, 1.165) is 30.8 Å². The smallest absolute Gasteiger partial charge is 0.410 e. The summed E-state index contributed by atoms with van der Waals surface area (Å²) in [5, 5.41) is 8.71. The first-order chi connectivity index (χ1) is 14.5. The second-order valence-corrected chi connectivity index (χ2v) is 8.27. The maximum absolute atomic E-state index is 12.7. The first-order valence-electron chi connectivity index (χ1n) is 9.93. The number of hydrogen-bond donors (Lipinski definition) is 1. The minimum Gasteiger partial charge on any atom is -0.445 e. The topological polar surface area (TPSA) is 79.7 Å². The molecule has 1 fully saturated rings. The van der Waals surface area contributed by atoms with E-state index >= 15 is 0 Å². The van der Waals surface area contributed by atoms with Crippen molar-refractivity contribution in [2.24, 2.45) is 0 Å². The lowest BCUT2D eigenvalue weighted by Gasteiger charge is -2.26. The molecule has 0 saturated carbocycles. The van der Waals surface area contributed by atoms with Crippen molar-refractivity contribution in [1.29, 1.82) is 0 Å². The fourth-order valence-electron chi connectivity index (χ4n) is 3.68. The summed E-state index contributed by atoms with van der Waals surface area (Å²) in [4.78, 5) is 28.8. The molecule has 1 N–H and O–H groups in total. The Morgan fingerprint density at radius 2 is 1.73 bits per heavy atom. The van der Waals surface area contributed by atoms with E-state index in [9.17, 15) is 9.59 Å². The Morgan fingerprint density at radius 3 is 2.47 bits per heavy atom. The highest BCUT2D eigenvalue weighted by atomic mass is 35.5. The molecule has 2 aliphatic heterocycles. The van der Waals surface area contributed by atoms with E-state index in [1.165, 1.54) is 0 Å². The Morgan fingerprint density at radius 1 is 1.00 bits per heavy atom. The molecular weight excluding hydrogens is 429 g/mol. The van der Waals surface area contributed by atoms with Gasteiger partial charge in [0.2, 0.25) is 0 Å². The summed E-state index contributed by atoms with van der Waals surface area (Å²) in [7, 11) is 0. The van der Waals surface area contributed by atoms with Gasteiger partial charge in [-0.2, -0.15) is 5.10 Å². The molecule has 2 aromatic rings. The quantitative estimate of drug-likeness (QED) is 0.775. The first kappa shape index (κ1) is 21.0. The van der Waals surface area contributed by atoms with Gasteiger partial charge in [-0.15, -0.1) is 0 Å². The molecule has 160 valence electrons. The number of halogens is 2. The summed E-state index contributed by atoms with van der Waals surface area (Å²) in [6.07, 6.45) is 0.310. The number of aryl methyl sites for hydroxylation is 1. The number of carbonyl (C=O) groups excluding carboxylic acids is 2. The van der Waals surface area contributed by atoms with Gasteiger partial charge in [0.15, 0.2) is 5.69 Å². The summed E-state index contributed by atoms with van der Waals surface area (Å²) < 4.78 is 7.27. The highest BCUT2D eigenvalue weighted by Gasteiger charge is 2.26. The first-order valence-corrected chi connectivity index (χ1v) is 10.7. The van der Waals surface area contributed by atoms with Crippen molar-refractivity contribution in [1.82, 2.24) is 24.9 Å². The molecule has 30 heavy (non-hydrogen) atoms. The van der Waals surface area contributed by atoms with Gasteiger partial charge in [0.1, 0.15) is 6.61 Å². The molecule has 1 saturated heterocycles. The van der Waals surface area contributed by atoms with Gasteiger partial charge in [0.05, 0.1) is 12.2 Å². The van der Waals surface area contributed by atoms with Crippen molar-refractivity contribution < 1.29 is 14.3 Å². The number of rotatable bonds is 3. The Labute approximate surface area is 184 Å². The third kappa shape index (κ3) is 4.88. The molecule has 0 unspecified atom stereocenters. The lowest BCUT2D eigenvalue weighted by molar-refractivity contribution is 0.0729. The van der Waals surface area contributed by atoms with Crippen LogP contribution in [0.4, 0.5) is 4.79 Å². The van der Waals surface area contributed by atoms with Crippen LogP contribution in [-0.4, -0.2) is 64.3 Å². The van der Waals surface area contributed by atoms with Gasteiger partial charge in [-0.3, -0.25) is 9.48 Å². The number of carbonyl (C=O) groups is 2. The molecule has 2 amide bonds. The molecule has 10 heteroatoms. The van der Waals surface area contributed by atoms with E-state index < -0.39 is 6.09 Å². The van der Waals surface area contributed by atoms with Crippen LogP contribution in [0.2, 0.25) is 10.0 Å². The zero-order valence-electron chi connectivity index (χ0n) is 16.4. The highest BCUT2D eigenvalue weighted by Crippen LogP contribution is 2.21. The SMILES string of the molecule is O=C(OCc1cc(Cl)cc(Cl)c1)N1CCCn2nc(C(=O)N3CCNCC3)cc2C1. The van der Waals surface area contributed by atoms with Crippen molar-refractivity contribution >= 4 is 35.2 Å². The lowest BCUT2D eigenvalue weighted by atomic mass is 10.2. The van der Waals surface area contributed by atoms with Gasteiger partial charge in [-0.05, 0) is 36.2 Å². The summed E-state index contributed by atoms with van der Waals surface area (Å²) in [6.45, 7) is 4.56. The maximum atomic E-state index is 12.7. The van der Waals surface area contributed by atoms with Crippen LogP contribution in [0.1, 0.15) is 28.2 Å². The summed E-state index contributed by atoms with van der Waals surface area (Å²) >= 11 is 12.0. The minimum atomic E-state index is -0.421. The van der Waals surface area contributed by atoms with Crippen LogP contribution in [0.3, 0.4) is 0 Å². The van der Waals surface area contributed by atoms with E-state index in [2.05, 4.69) is 10.4 Å². The zero-order chi connectivity index (χ0) is 21.1. The van der Waals surface area contributed by atoms with Crippen LogP contribution in [0.25, 0.3) is 0 Å². The van der Waals surface area contributed by atoms with Crippen LogP contribution in [0, 0.1) is 0 Å². The molecule has 2 aliphatic rings. The number of amides is 2. The summed E-state index contributed by atoms with van der Waals surface area (Å²) in [5.41, 5.74) is 1.98. The molecule has 3 heterocycles. The van der Waals surface area contributed by atoms with Gasteiger partial charge in [-0.1, -0.05) is 23.2 Å². The van der Waals surface area contributed by atoms with Crippen LogP contribution >= 0.6 is 23.2 Å². The van der Waals surface area contributed by atoms with Crippen molar-refractivity contribution in [2.75, 3.05) is 32.7 Å². The van der Waals surface area contributed by atoms with Crippen molar-refractivity contribution in [2.45, 2.75) is 26.1 Å². The van der Waals surface area contributed by atoms with Crippen molar-refractivity contribution in [3.05, 3.63) is 51.3 Å². The Bertz CT molecular complexity index is 922. The van der Waals surface area contributed by atoms with Gasteiger partial charge in [0, 0.05) is 49.3 Å². The van der Waals surface area contributed by atoms with Gasteiger partial charge < -0.3 is 19.9 Å².